The van der Waals surface area contributed by atoms with Crippen molar-refractivity contribution in [3.8, 4) is 0 Å². The summed E-state index contributed by atoms with van der Waals surface area (Å²) in [5, 5.41) is 11.1. The first-order chi connectivity index (χ1) is 49.7. The zero-order valence-electron chi connectivity index (χ0n) is 67.6. The van der Waals surface area contributed by atoms with Gasteiger partial charge in [0.1, 0.15) is 0 Å². The number of unbranched alkanes of at least 4 members (excludes halogenated alkanes) is 46. The van der Waals surface area contributed by atoms with Gasteiger partial charge in [-0.3, -0.25) is 27.7 Å². The Morgan fingerprint density at radius 1 is 0.284 bits per heavy atom. The van der Waals surface area contributed by atoms with Crippen LogP contribution in [0.1, 0.15) is 427 Å². The van der Waals surface area contributed by atoms with E-state index in [-0.39, 0.29) is 64.5 Å². The fraction of sp³-hybridized carbons (Fsp3) is 0.964. The van der Waals surface area contributed by atoms with Gasteiger partial charge in [0.25, 0.3) is 0 Å². The van der Waals surface area contributed by atoms with Crippen molar-refractivity contribution in [2.75, 3.05) is 65.9 Å². The van der Waals surface area contributed by atoms with Crippen molar-refractivity contribution in [2.45, 2.75) is 439 Å². The topological polar surface area (TPSA) is 229 Å². The molecule has 0 bridgehead atoms. The number of nitrogens with one attached hydrogen (secondary N) is 4. The van der Waals surface area contributed by atoms with Crippen molar-refractivity contribution >= 4 is 33.5 Å². The highest BCUT2D eigenvalue weighted by Crippen LogP contribution is 2.44. The molecule has 0 aromatic rings. The zero-order chi connectivity index (χ0) is 74.6. The van der Waals surface area contributed by atoms with E-state index < -0.39 is 33.8 Å². The van der Waals surface area contributed by atoms with Gasteiger partial charge in [-0.1, -0.05) is 388 Å². The van der Waals surface area contributed by atoms with Crippen LogP contribution in [0.3, 0.4) is 0 Å². The number of ether oxygens (including phenoxy) is 2. The van der Waals surface area contributed by atoms with Gasteiger partial charge in [0, 0.05) is 39.1 Å². The third kappa shape index (κ3) is 73.8. The van der Waals surface area contributed by atoms with Crippen LogP contribution in [0.25, 0.3) is 0 Å². The molecule has 0 heterocycles. The van der Waals surface area contributed by atoms with Crippen molar-refractivity contribution in [3.05, 3.63) is 0 Å². The van der Waals surface area contributed by atoms with Crippen LogP contribution in [-0.4, -0.2) is 106 Å². The van der Waals surface area contributed by atoms with E-state index in [0.717, 1.165) is 51.4 Å². The summed E-state index contributed by atoms with van der Waals surface area (Å²) in [6.45, 7) is 13.2. The number of carbonyl (C=O) groups is 3. The summed E-state index contributed by atoms with van der Waals surface area (Å²) in [5.74, 6) is 0.836. The number of phosphoric acid groups is 2. The van der Waals surface area contributed by atoms with Crippen molar-refractivity contribution in [1.82, 2.24) is 21.3 Å². The molecule has 0 aliphatic heterocycles. The van der Waals surface area contributed by atoms with Gasteiger partial charge < -0.3 is 40.5 Å². The summed E-state index contributed by atoms with van der Waals surface area (Å²) < 4.78 is 60.2. The SMILES string of the molecule is CCCCCCCCCCCCCC(=O)N[C@H](COCCC(CCCCCCC)CCCCCCCCCCCC)COP(=O)(O)OCCNC(=O)NCCOP(=O)(O)OC[C@@H](COCCC(CCCCCCC)CCCCCCCCCCCC)NC(=O)CCCCCCCCCCCCC. The summed E-state index contributed by atoms with van der Waals surface area (Å²) in [5.41, 5.74) is 0. The van der Waals surface area contributed by atoms with Crippen LogP contribution < -0.4 is 21.3 Å². The first kappa shape index (κ1) is 100. The molecule has 102 heavy (non-hydrogen) atoms. The average Bonchev–Trinajstić information content (AvgIpc) is 0.931. The first-order valence-corrected chi connectivity index (χ1v) is 46.7. The molecule has 0 saturated carbocycles. The molecule has 0 aromatic carbocycles. The fourth-order valence-electron chi connectivity index (χ4n) is 13.6. The Kier molecular flexibility index (Phi) is 76.3. The van der Waals surface area contributed by atoms with Gasteiger partial charge in [-0.25, -0.2) is 13.9 Å². The normalized spacial score (nSPS) is 14.1. The summed E-state index contributed by atoms with van der Waals surface area (Å²) in [7, 11) is -9.24. The van der Waals surface area contributed by atoms with Crippen LogP contribution in [-0.2, 0) is 46.3 Å². The van der Waals surface area contributed by atoms with E-state index in [1.165, 1.54) is 321 Å². The highest BCUT2D eigenvalue weighted by Gasteiger charge is 2.27. The Balaban J connectivity index is 5.45. The molecule has 4 unspecified atom stereocenters. The van der Waals surface area contributed by atoms with Crippen molar-refractivity contribution < 1.29 is 60.9 Å². The number of hydrogen-bond acceptors (Lipinski definition) is 11. The van der Waals surface area contributed by atoms with Gasteiger partial charge in [0.15, 0.2) is 0 Å². The quantitative estimate of drug-likeness (QED) is 0.0246. The molecule has 0 radical (unpaired) electrons. The number of rotatable bonds is 84. The van der Waals surface area contributed by atoms with E-state index in [1.807, 2.05) is 0 Å². The van der Waals surface area contributed by atoms with E-state index in [0.29, 0.717) is 37.9 Å². The molecule has 0 saturated heterocycles. The second-order valence-electron chi connectivity index (χ2n) is 30.3. The monoisotopic (exact) mass is 1490 g/mol. The van der Waals surface area contributed by atoms with Crippen LogP contribution in [0.5, 0.6) is 0 Å². The molecule has 0 aliphatic carbocycles. The molecule has 0 spiro atoms. The predicted octanol–water partition coefficient (Wildman–Crippen LogP) is 24.3. The van der Waals surface area contributed by atoms with Crippen molar-refractivity contribution in [2.24, 2.45) is 11.8 Å². The third-order valence-corrected chi connectivity index (χ3v) is 22.2. The minimum absolute atomic E-state index is 0.126. The lowest BCUT2D eigenvalue weighted by molar-refractivity contribution is -0.123. The lowest BCUT2D eigenvalue weighted by Gasteiger charge is -2.22. The maximum Gasteiger partial charge on any atom is 0.472 e. The summed E-state index contributed by atoms with van der Waals surface area (Å²) in [4.78, 5) is 60.8. The van der Waals surface area contributed by atoms with Gasteiger partial charge >= 0.3 is 21.7 Å². The Bertz CT molecular complexity index is 1770. The highest BCUT2D eigenvalue weighted by atomic mass is 31.2. The third-order valence-electron chi connectivity index (χ3n) is 20.2. The minimum Gasteiger partial charge on any atom is -0.379 e. The Morgan fingerprint density at radius 3 is 0.755 bits per heavy atom. The maximum atomic E-state index is 13.3. The van der Waals surface area contributed by atoms with Crippen molar-refractivity contribution in [1.29, 1.82) is 0 Å². The Morgan fingerprint density at radius 2 is 0.510 bits per heavy atom. The number of hydrogen-bond donors (Lipinski definition) is 6. The Hall–Kier alpha value is -1.65. The molecule has 6 N–H and O–H groups in total. The summed E-state index contributed by atoms with van der Waals surface area (Å²) in [6, 6.07) is -2.01. The van der Waals surface area contributed by atoms with E-state index in [9.17, 15) is 33.3 Å². The first-order valence-electron chi connectivity index (χ1n) is 43.7. The van der Waals surface area contributed by atoms with Crippen LogP contribution in [0.15, 0.2) is 0 Å². The molecule has 17 nitrogen and oxygen atoms in total. The molecule has 4 amide bonds. The number of amides is 4. The van der Waals surface area contributed by atoms with E-state index in [1.54, 1.807) is 0 Å². The van der Waals surface area contributed by atoms with Crippen LogP contribution >= 0.6 is 15.6 Å². The lowest BCUT2D eigenvalue weighted by atomic mass is 9.91. The number of phosphoric ester groups is 2. The molecule has 0 rings (SSSR count). The van der Waals surface area contributed by atoms with Crippen molar-refractivity contribution in [3.63, 3.8) is 0 Å². The molecular formula is C83H168N4O13P2. The summed E-state index contributed by atoms with van der Waals surface area (Å²) in [6.07, 6.45) is 72.1. The number of carbonyl (C=O) groups excluding carboxylic acids is 3. The molecule has 19 heteroatoms. The van der Waals surface area contributed by atoms with Gasteiger partial charge in [-0.15, -0.1) is 0 Å². The van der Waals surface area contributed by atoms with Gasteiger partial charge in [0.2, 0.25) is 11.8 Å². The number of urea groups is 1. The van der Waals surface area contributed by atoms with Gasteiger partial charge in [-0.05, 0) is 37.5 Å². The minimum atomic E-state index is -4.62. The predicted molar refractivity (Wildman–Crippen MR) is 428 cm³/mol. The fourth-order valence-corrected chi connectivity index (χ4v) is 15.2. The second kappa shape index (κ2) is 77.5. The second-order valence-corrected chi connectivity index (χ2v) is 33.2. The smallest absolute Gasteiger partial charge is 0.379 e. The molecule has 0 aliphatic rings. The van der Waals surface area contributed by atoms with Crippen LogP contribution in [0.2, 0.25) is 0 Å². The van der Waals surface area contributed by atoms with Crippen LogP contribution in [0, 0.1) is 11.8 Å². The van der Waals surface area contributed by atoms with Gasteiger partial charge in [0.05, 0.1) is 51.7 Å². The largest absolute Gasteiger partial charge is 0.472 e. The molecule has 0 fully saturated rings. The molecule has 0 aromatic heterocycles. The highest BCUT2D eigenvalue weighted by molar-refractivity contribution is 7.47. The standard InChI is InChI=1S/C83H168N4O13P2/c1-7-13-19-25-29-33-37-41-45-51-57-63-81(88)86-79(73-95-69-65-77(59-53-47-23-17-11-5)61-55-49-43-39-35-31-27-21-15-9-3)75-99-101(91,92)97-71-67-84-83(90)85-68-72-98-102(93,94)100-76-80(87-82(89)64-58-52-46-42-38-34-30-26-20-14-8-2)74-96-70-66-78(60-54-48-24-18-12-6)62-56-50-44-40-36-32-28-22-16-10-4/h77-80H,7-76H2,1-6H3,(H,86,88)(H,87,89)(H,91,92)(H,93,94)(H2,84,85,90)/t77?,78?,79-,80-/m1/s1. The van der Waals surface area contributed by atoms with E-state index >= 15 is 0 Å². The van der Waals surface area contributed by atoms with E-state index in [2.05, 4.69) is 62.8 Å². The maximum absolute atomic E-state index is 13.3. The van der Waals surface area contributed by atoms with Crippen LogP contribution in [0.4, 0.5) is 4.79 Å². The molecule has 608 valence electrons. The Labute approximate surface area is 629 Å². The molecular weight excluding hydrogens is 1320 g/mol. The summed E-state index contributed by atoms with van der Waals surface area (Å²) >= 11 is 0. The average molecular weight is 1490 g/mol. The van der Waals surface area contributed by atoms with Gasteiger partial charge in [-0.2, -0.15) is 0 Å². The molecule has 6 atom stereocenters. The lowest BCUT2D eigenvalue weighted by Crippen LogP contribution is -2.41. The van der Waals surface area contributed by atoms with E-state index in [4.69, 9.17) is 27.6 Å². The zero-order valence-corrected chi connectivity index (χ0v) is 69.4.